The average Bonchev–Trinajstić information content (AvgIpc) is 3.33. The highest BCUT2D eigenvalue weighted by molar-refractivity contribution is 5.97. The molecule has 0 unspecified atom stereocenters. The highest BCUT2D eigenvalue weighted by atomic mass is 16.7. The minimum atomic E-state index is -0.587. The van der Waals surface area contributed by atoms with E-state index < -0.39 is 11.2 Å². The summed E-state index contributed by atoms with van der Waals surface area (Å²) in [6.07, 6.45) is 7.02. The topological polar surface area (TPSA) is 139 Å². The Balaban J connectivity index is 0.000000233. The Morgan fingerprint density at radius 3 is 1.65 bits per heavy atom. The summed E-state index contributed by atoms with van der Waals surface area (Å²) < 4.78 is 29.8. The van der Waals surface area contributed by atoms with Crippen LogP contribution in [0.1, 0.15) is 125 Å². The van der Waals surface area contributed by atoms with Gasteiger partial charge in [0.2, 0.25) is 0 Å². The Morgan fingerprint density at radius 2 is 1.16 bits per heavy atom. The van der Waals surface area contributed by atoms with Crippen LogP contribution < -0.4 is 19.5 Å². The van der Waals surface area contributed by atoms with Gasteiger partial charge in [0.05, 0.1) is 0 Å². The second kappa shape index (κ2) is 22.4. The van der Waals surface area contributed by atoms with E-state index in [1.807, 2.05) is 121 Å². The molecule has 4 aliphatic heterocycles. The molecule has 370 valence electrons. The van der Waals surface area contributed by atoms with Crippen molar-refractivity contribution in [3.8, 4) is 23.0 Å². The molecule has 4 aromatic carbocycles. The molecule has 0 radical (unpaired) electrons. The molecule has 8 rings (SSSR count). The maximum absolute atomic E-state index is 13.1. The summed E-state index contributed by atoms with van der Waals surface area (Å²) in [7, 11) is 1.57. The minimum Gasteiger partial charge on any atom is -0.507 e. The van der Waals surface area contributed by atoms with E-state index in [1.165, 1.54) is 0 Å². The van der Waals surface area contributed by atoms with E-state index in [-0.39, 0.29) is 43.5 Å². The Labute approximate surface area is 409 Å². The maximum Gasteiger partial charge on any atom is 0.410 e. The van der Waals surface area contributed by atoms with Crippen LogP contribution in [-0.4, -0.2) is 121 Å². The Morgan fingerprint density at radius 1 is 0.681 bits per heavy atom. The van der Waals surface area contributed by atoms with E-state index in [9.17, 15) is 19.5 Å². The number of phenols is 1. The lowest BCUT2D eigenvalue weighted by Crippen LogP contribution is -2.50. The molecular weight excluding hydrogens is 873 g/mol. The van der Waals surface area contributed by atoms with Crippen LogP contribution in [0.4, 0.5) is 4.79 Å². The van der Waals surface area contributed by atoms with Crippen LogP contribution in [0.15, 0.2) is 97.1 Å². The van der Waals surface area contributed by atoms with Gasteiger partial charge in [0, 0.05) is 105 Å². The highest BCUT2D eigenvalue weighted by Gasteiger charge is 2.42. The van der Waals surface area contributed by atoms with E-state index in [2.05, 4.69) is 17.5 Å². The van der Waals surface area contributed by atoms with Gasteiger partial charge < -0.3 is 48.8 Å². The van der Waals surface area contributed by atoms with Gasteiger partial charge in [0.25, 0.3) is 11.8 Å². The number of nitrogens with zero attached hydrogens (tertiary/aromatic N) is 3. The van der Waals surface area contributed by atoms with E-state index in [4.69, 9.17) is 23.7 Å². The van der Waals surface area contributed by atoms with Gasteiger partial charge in [-0.3, -0.25) is 9.59 Å². The molecule has 69 heavy (non-hydrogen) atoms. The Hall–Kier alpha value is -6.31. The van der Waals surface area contributed by atoms with Gasteiger partial charge in [-0.25, -0.2) is 4.79 Å². The second-order valence-corrected chi connectivity index (χ2v) is 18.6. The zero-order valence-corrected chi connectivity index (χ0v) is 41.0. The first-order valence-electron chi connectivity index (χ1n) is 24.1. The molecule has 0 atom stereocenters. The standard InChI is InChI=1S/C31H40N2O6.C24H28N2O3.CH4/c1-7-32(8-2)28(34)22-13-14-24(27(19-22)37-21-36-6)25-20-31(38-26-12-10-9-11-23(25)26)15-17-33(18-16-31)29(35)39-30(3,4)5;1-3-26(4-2)23(28)17-9-10-18(21(27)15-17)20-16-24(11-13-25-14-12-24)29-22-8-6-5-7-19(20)22;/h9-14,19-20H,7-8,15-18,21H2,1-6H3;5-10,15-16,25,27H,3-4,11-14H2,1-2H3;1H4. The molecule has 0 saturated carbocycles. The van der Waals surface area contributed by atoms with Crippen molar-refractivity contribution in [1.82, 2.24) is 20.0 Å². The third-order valence-electron chi connectivity index (χ3n) is 13.0. The van der Waals surface area contributed by atoms with Crippen LogP contribution in [0.3, 0.4) is 0 Å². The average molecular weight is 945 g/mol. The molecule has 4 heterocycles. The predicted molar refractivity (Wildman–Crippen MR) is 271 cm³/mol. The fraction of sp³-hybridized carbons (Fsp3) is 0.446. The van der Waals surface area contributed by atoms with Crippen molar-refractivity contribution in [3.05, 3.63) is 130 Å². The highest BCUT2D eigenvalue weighted by Crippen LogP contribution is 2.47. The minimum absolute atomic E-state index is 0. The van der Waals surface area contributed by atoms with Gasteiger partial charge in [-0.1, -0.05) is 43.8 Å². The van der Waals surface area contributed by atoms with Gasteiger partial charge in [-0.15, -0.1) is 0 Å². The fourth-order valence-corrected chi connectivity index (χ4v) is 9.32. The number of fused-ring (bicyclic) bond motifs is 2. The molecule has 4 aliphatic rings. The molecule has 2 N–H and O–H groups in total. The van der Waals surface area contributed by atoms with Crippen molar-refractivity contribution >= 4 is 29.1 Å². The monoisotopic (exact) mass is 945 g/mol. The van der Waals surface area contributed by atoms with Crippen molar-refractivity contribution in [2.75, 3.05) is 66.3 Å². The molecule has 13 nitrogen and oxygen atoms in total. The number of nitrogens with one attached hydrogen (secondary N) is 1. The maximum atomic E-state index is 13.1. The number of benzene rings is 4. The Kier molecular flexibility index (Phi) is 16.9. The number of hydrogen-bond donors (Lipinski definition) is 2. The van der Waals surface area contributed by atoms with Gasteiger partial charge in [0.1, 0.15) is 39.8 Å². The third-order valence-corrected chi connectivity index (χ3v) is 13.0. The summed E-state index contributed by atoms with van der Waals surface area (Å²) in [5, 5.41) is 14.3. The van der Waals surface area contributed by atoms with Crippen molar-refractivity contribution < 1.29 is 43.2 Å². The van der Waals surface area contributed by atoms with Crippen molar-refractivity contribution in [2.24, 2.45) is 0 Å². The lowest BCUT2D eigenvalue weighted by Gasteiger charge is -2.43. The molecule has 3 amide bonds. The largest absolute Gasteiger partial charge is 0.507 e. The predicted octanol–water partition coefficient (Wildman–Crippen LogP) is 10.2. The number of methoxy groups -OCH3 is 1. The number of ether oxygens (including phenoxy) is 5. The molecule has 0 aromatic heterocycles. The molecule has 2 spiro atoms. The normalized spacial score (nSPS) is 16.4. The SMILES string of the molecule is C.CCN(CC)C(=O)c1ccc(C2=CC3(CCN(C(=O)OC(C)(C)C)CC3)Oc3ccccc32)c(OCOC)c1.CCN(CC)C(=O)c1ccc(C2=CC3(CCNCC3)Oc3ccccc32)c(O)c1. The van der Waals surface area contributed by atoms with Gasteiger partial charge >= 0.3 is 6.09 Å². The number of phenolic OH excluding ortho intramolecular Hbond substituents is 1. The summed E-state index contributed by atoms with van der Waals surface area (Å²) in [6.45, 7) is 18.9. The van der Waals surface area contributed by atoms with Crippen molar-refractivity contribution in [3.63, 3.8) is 0 Å². The van der Waals surface area contributed by atoms with Crippen molar-refractivity contribution in [2.45, 2.75) is 98.4 Å². The number of amides is 3. The molecule has 13 heteroatoms. The zero-order valence-electron chi connectivity index (χ0n) is 41.0. The number of carbonyl (C=O) groups is 3. The van der Waals surface area contributed by atoms with Gasteiger partial charge in [0.15, 0.2) is 6.79 Å². The van der Waals surface area contributed by atoms with E-state index in [0.717, 1.165) is 70.8 Å². The number of carbonyl (C=O) groups excluding carboxylic acids is 3. The summed E-state index contributed by atoms with van der Waals surface area (Å²) in [6, 6.07) is 26.7. The number of para-hydroxylation sites is 2. The summed E-state index contributed by atoms with van der Waals surface area (Å²) in [5.41, 5.74) is 5.01. The molecule has 0 aliphatic carbocycles. The van der Waals surface area contributed by atoms with Crippen LogP contribution in [0.2, 0.25) is 0 Å². The number of hydrogen-bond acceptors (Lipinski definition) is 10. The first kappa shape index (κ1) is 52.1. The Bertz CT molecular complexity index is 2500. The number of aromatic hydroxyl groups is 1. The van der Waals surface area contributed by atoms with Gasteiger partial charge in [-0.2, -0.15) is 0 Å². The third kappa shape index (κ3) is 11.8. The molecule has 4 aromatic rings. The quantitative estimate of drug-likeness (QED) is 0.140. The summed E-state index contributed by atoms with van der Waals surface area (Å²) >= 11 is 0. The van der Waals surface area contributed by atoms with E-state index >= 15 is 0 Å². The van der Waals surface area contributed by atoms with E-state index in [0.29, 0.717) is 69.0 Å². The summed E-state index contributed by atoms with van der Waals surface area (Å²) in [4.78, 5) is 43.7. The lowest BCUT2D eigenvalue weighted by molar-refractivity contribution is -0.00119. The molecule has 0 bridgehead atoms. The smallest absolute Gasteiger partial charge is 0.410 e. The first-order valence-corrected chi connectivity index (χ1v) is 24.1. The number of piperidine rings is 2. The second-order valence-electron chi connectivity index (χ2n) is 18.6. The van der Waals surface area contributed by atoms with Crippen molar-refractivity contribution in [1.29, 1.82) is 0 Å². The van der Waals surface area contributed by atoms with Crippen LogP contribution >= 0.6 is 0 Å². The fourth-order valence-electron chi connectivity index (χ4n) is 9.32. The molecule has 2 saturated heterocycles. The summed E-state index contributed by atoms with van der Waals surface area (Å²) in [5.74, 6) is 2.21. The van der Waals surface area contributed by atoms with Gasteiger partial charge in [-0.05, 0) is 133 Å². The lowest BCUT2D eigenvalue weighted by atomic mass is 9.82. The van der Waals surface area contributed by atoms with Crippen LogP contribution in [0, 0.1) is 0 Å². The molecule has 2 fully saturated rings. The first-order chi connectivity index (χ1) is 32.7. The number of likely N-dealkylation sites (tertiary alicyclic amines) is 1. The van der Waals surface area contributed by atoms with Crippen LogP contribution in [0.5, 0.6) is 23.0 Å². The van der Waals surface area contributed by atoms with Crippen LogP contribution in [0.25, 0.3) is 11.1 Å². The zero-order chi connectivity index (χ0) is 48.6. The van der Waals surface area contributed by atoms with Crippen LogP contribution in [-0.2, 0) is 9.47 Å². The molecular formula is C56H72N4O9. The van der Waals surface area contributed by atoms with E-state index in [1.54, 1.807) is 33.9 Å². The number of rotatable bonds is 11.